The molecule has 0 aliphatic carbocycles. The van der Waals surface area contributed by atoms with Crippen LogP contribution in [0.4, 0.5) is 5.69 Å². The van der Waals surface area contributed by atoms with Gasteiger partial charge in [0.1, 0.15) is 5.75 Å². The number of methoxy groups -OCH3 is 1. The molecule has 0 aliphatic heterocycles. The van der Waals surface area contributed by atoms with E-state index in [-0.39, 0.29) is 12.5 Å². The second-order valence-corrected chi connectivity index (χ2v) is 7.02. The first-order valence-corrected chi connectivity index (χ1v) is 9.40. The van der Waals surface area contributed by atoms with Gasteiger partial charge in [0, 0.05) is 28.4 Å². The van der Waals surface area contributed by atoms with Crippen LogP contribution >= 0.6 is 11.6 Å². The molecule has 4 nitrogen and oxygen atoms in total. The first-order chi connectivity index (χ1) is 13.6. The van der Waals surface area contributed by atoms with Crippen LogP contribution in [0, 0.1) is 0 Å². The third-order valence-corrected chi connectivity index (χ3v) is 4.62. The molecule has 1 N–H and O–H groups in total. The lowest BCUT2D eigenvalue weighted by atomic mass is 10.0. The van der Waals surface area contributed by atoms with Crippen LogP contribution in [0.5, 0.6) is 5.75 Å². The summed E-state index contributed by atoms with van der Waals surface area (Å²) in [6, 6.07) is 23.3. The number of rotatable bonds is 7. The first kappa shape index (κ1) is 19.9. The van der Waals surface area contributed by atoms with Gasteiger partial charge in [0.25, 0.3) is 0 Å². The number of carbonyl (C=O) groups excluding carboxylic acids is 1. The molecule has 0 aromatic heterocycles. The number of carbonyl (C=O) groups is 1. The molecular weight excluding hydrogens is 372 g/mol. The summed E-state index contributed by atoms with van der Waals surface area (Å²) in [6.07, 6.45) is 0. The smallest absolute Gasteiger partial charge is 0.238 e. The van der Waals surface area contributed by atoms with E-state index in [1.807, 2.05) is 78.7 Å². The van der Waals surface area contributed by atoms with Gasteiger partial charge in [-0.1, -0.05) is 60.1 Å². The fourth-order valence-electron chi connectivity index (χ4n) is 3.11. The average molecular weight is 395 g/mol. The molecule has 3 aromatic rings. The Morgan fingerprint density at radius 2 is 1.75 bits per heavy atom. The lowest BCUT2D eigenvalue weighted by molar-refractivity contribution is -0.117. The van der Waals surface area contributed by atoms with Crippen molar-refractivity contribution in [3.05, 3.63) is 83.4 Å². The molecule has 0 fully saturated rings. The summed E-state index contributed by atoms with van der Waals surface area (Å²) >= 11 is 6.09. The molecule has 3 aromatic carbocycles. The Morgan fingerprint density at radius 3 is 2.50 bits per heavy atom. The van der Waals surface area contributed by atoms with Gasteiger partial charge < -0.3 is 10.1 Å². The Hall–Kier alpha value is -2.82. The van der Waals surface area contributed by atoms with Crippen molar-refractivity contribution in [2.75, 3.05) is 26.0 Å². The van der Waals surface area contributed by atoms with Crippen molar-refractivity contribution in [3.63, 3.8) is 0 Å². The largest absolute Gasteiger partial charge is 0.496 e. The maximum Gasteiger partial charge on any atom is 0.238 e. The molecular formula is C23H23ClN2O2. The topological polar surface area (TPSA) is 41.6 Å². The zero-order chi connectivity index (χ0) is 19.9. The number of anilines is 1. The highest BCUT2D eigenvalue weighted by molar-refractivity contribution is 6.30. The number of nitrogens with one attached hydrogen (secondary N) is 1. The maximum absolute atomic E-state index is 12.6. The van der Waals surface area contributed by atoms with Crippen molar-refractivity contribution in [1.29, 1.82) is 0 Å². The van der Waals surface area contributed by atoms with Gasteiger partial charge in [-0.3, -0.25) is 9.69 Å². The average Bonchev–Trinajstić information content (AvgIpc) is 2.69. The van der Waals surface area contributed by atoms with Crippen LogP contribution in [0.2, 0.25) is 5.02 Å². The highest BCUT2D eigenvalue weighted by Crippen LogP contribution is 2.27. The predicted octanol–water partition coefficient (Wildman–Crippen LogP) is 5.09. The predicted molar refractivity (Wildman–Crippen MR) is 115 cm³/mol. The third-order valence-electron chi connectivity index (χ3n) is 4.38. The Labute approximate surface area is 170 Å². The van der Waals surface area contributed by atoms with E-state index in [9.17, 15) is 4.79 Å². The van der Waals surface area contributed by atoms with Crippen LogP contribution in [0.25, 0.3) is 11.1 Å². The van der Waals surface area contributed by atoms with Crippen LogP contribution in [-0.4, -0.2) is 31.5 Å². The van der Waals surface area contributed by atoms with Crippen molar-refractivity contribution in [2.24, 2.45) is 0 Å². The van der Waals surface area contributed by atoms with Crippen molar-refractivity contribution in [3.8, 4) is 16.9 Å². The normalized spacial score (nSPS) is 10.7. The molecule has 5 heteroatoms. The molecule has 0 saturated carbocycles. The number of nitrogens with zero attached hydrogens (tertiary/aromatic N) is 1. The standard InChI is InChI=1S/C23H23ClN2O2/c1-26(15-18-14-19(24)12-13-22(18)28-2)16-23(27)25-21-11-7-6-10-20(21)17-8-4-3-5-9-17/h3-14H,15-16H2,1-2H3,(H,25,27). The maximum atomic E-state index is 12.6. The molecule has 1 amide bonds. The molecule has 144 valence electrons. The monoisotopic (exact) mass is 394 g/mol. The van der Waals surface area contributed by atoms with Gasteiger partial charge in [-0.2, -0.15) is 0 Å². The summed E-state index contributed by atoms with van der Waals surface area (Å²) in [7, 11) is 3.52. The minimum absolute atomic E-state index is 0.0770. The van der Waals surface area contributed by atoms with Crippen LogP contribution in [-0.2, 0) is 11.3 Å². The number of likely N-dealkylation sites (N-methyl/N-ethyl adjacent to an activating group) is 1. The highest BCUT2D eigenvalue weighted by atomic mass is 35.5. The molecule has 0 radical (unpaired) electrons. The van der Waals surface area contributed by atoms with E-state index < -0.39 is 0 Å². The second kappa shape index (κ2) is 9.40. The zero-order valence-corrected chi connectivity index (χ0v) is 16.7. The van der Waals surface area contributed by atoms with E-state index in [1.165, 1.54) is 0 Å². The van der Waals surface area contributed by atoms with E-state index in [4.69, 9.17) is 16.3 Å². The summed E-state index contributed by atoms with van der Waals surface area (Å²) in [5.74, 6) is 0.679. The number of hydrogen-bond donors (Lipinski definition) is 1. The minimum atomic E-state index is -0.0770. The van der Waals surface area contributed by atoms with Gasteiger partial charge in [-0.05, 0) is 36.9 Å². The fraction of sp³-hybridized carbons (Fsp3) is 0.174. The zero-order valence-electron chi connectivity index (χ0n) is 16.0. The van der Waals surface area contributed by atoms with E-state index in [0.717, 1.165) is 28.1 Å². The molecule has 28 heavy (non-hydrogen) atoms. The number of halogens is 1. The Bertz CT molecular complexity index is 944. The van der Waals surface area contributed by atoms with Crippen molar-refractivity contribution in [2.45, 2.75) is 6.54 Å². The molecule has 3 rings (SSSR count). The summed E-state index contributed by atoms with van der Waals surface area (Å²) in [4.78, 5) is 14.5. The molecule has 0 atom stereocenters. The van der Waals surface area contributed by atoms with E-state index in [0.29, 0.717) is 11.6 Å². The molecule has 0 spiro atoms. The highest BCUT2D eigenvalue weighted by Gasteiger charge is 2.13. The SMILES string of the molecule is COc1ccc(Cl)cc1CN(C)CC(=O)Nc1ccccc1-c1ccccc1. The van der Waals surface area contributed by atoms with Gasteiger partial charge in [-0.25, -0.2) is 0 Å². The second-order valence-electron chi connectivity index (χ2n) is 6.59. The fourth-order valence-corrected chi connectivity index (χ4v) is 3.31. The molecule has 0 aliphatic rings. The van der Waals surface area contributed by atoms with Gasteiger partial charge in [0.15, 0.2) is 0 Å². The quantitative estimate of drug-likeness (QED) is 0.607. The van der Waals surface area contributed by atoms with Gasteiger partial charge in [0.2, 0.25) is 5.91 Å². The summed E-state index contributed by atoms with van der Waals surface area (Å²) < 4.78 is 5.38. The number of para-hydroxylation sites is 1. The molecule has 0 bridgehead atoms. The van der Waals surface area contributed by atoms with Crippen molar-refractivity contribution in [1.82, 2.24) is 4.90 Å². The molecule has 0 saturated heterocycles. The van der Waals surface area contributed by atoms with Gasteiger partial charge in [0.05, 0.1) is 13.7 Å². The molecule has 0 unspecified atom stereocenters. The Kier molecular flexibility index (Phi) is 6.69. The van der Waals surface area contributed by atoms with Crippen molar-refractivity contribution < 1.29 is 9.53 Å². The van der Waals surface area contributed by atoms with Crippen LogP contribution < -0.4 is 10.1 Å². The van der Waals surface area contributed by atoms with Gasteiger partial charge >= 0.3 is 0 Å². The number of hydrogen-bond acceptors (Lipinski definition) is 3. The number of amides is 1. The third kappa shape index (κ3) is 5.12. The number of ether oxygens (including phenoxy) is 1. The van der Waals surface area contributed by atoms with E-state index in [2.05, 4.69) is 5.32 Å². The molecule has 0 heterocycles. The van der Waals surface area contributed by atoms with Crippen LogP contribution in [0.1, 0.15) is 5.56 Å². The van der Waals surface area contributed by atoms with Crippen LogP contribution in [0.3, 0.4) is 0 Å². The minimum Gasteiger partial charge on any atom is -0.496 e. The van der Waals surface area contributed by atoms with E-state index in [1.54, 1.807) is 13.2 Å². The van der Waals surface area contributed by atoms with Crippen LogP contribution in [0.15, 0.2) is 72.8 Å². The van der Waals surface area contributed by atoms with Gasteiger partial charge in [-0.15, -0.1) is 0 Å². The summed E-state index contributed by atoms with van der Waals surface area (Å²) in [6.45, 7) is 0.802. The summed E-state index contributed by atoms with van der Waals surface area (Å²) in [5, 5.41) is 3.67. The summed E-state index contributed by atoms with van der Waals surface area (Å²) in [5.41, 5.74) is 3.80. The number of benzene rings is 3. The lowest BCUT2D eigenvalue weighted by Gasteiger charge is -2.19. The van der Waals surface area contributed by atoms with Crippen molar-refractivity contribution >= 4 is 23.2 Å². The van der Waals surface area contributed by atoms with E-state index >= 15 is 0 Å². The Balaban J connectivity index is 1.67. The first-order valence-electron chi connectivity index (χ1n) is 9.02. The lowest BCUT2D eigenvalue weighted by Crippen LogP contribution is -2.30. The Morgan fingerprint density at radius 1 is 1.04 bits per heavy atom.